The topological polar surface area (TPSA) is 29.9 Å². The zero-order valence-electron chi connectivity index (χ0n) is 9.40. The molecular formula is C12H16N2OS. The molecule has 3 nitrogen and oxygen atoms in total. The van der Waals surface area contributed by atoms with Gasteiger partial charge in [0.15, 0.2) is 4.77 Å². The van der Waals surface area contributed by atoms with Gasteiger partial charge < -0.3 is 14.3 Å². The summed E-state index contributed by atoms with van der Waals surface area (Å²) in [6.07, 6.45) is 0.990. The molecule has 0 amide bonds. The molecule has 2 rings (SSSR count). The third-order valence-corrected chi connectivity index (χ3v) is 2.88. The lowest BCUT2D eigenvalue weighted by atomic mass is 10.3. The van der Waals surface area contributed by atoms with Crippen molar-refractivity contribution >= 4 is 23.3 Å². The van der Waals surface area contributed by atoms with Crippen LogP contribution in [0.1, 0.15) is 13.3 Å². The predicted octanol–water partition coefficient (Wildman–Crippen LogP) is 3.13. The first kappa shape index (κ1) is 11.4. The maximum Gasteiger partial charge on any atom is 0.178 e. The Labute approximate surface area is 100 Å². The number of hydrogen-bond donors (Lipinski definition) is 1. The first-order valence-corrected chi connectivity index (χ1v) is 5.99. The molecule has 0 unspecified atom stereocenters. The lowest BCUT2D eigenvalue weighted by Crippen LogP contribution is -2.02. The molecule has 0 aliphatic rings. The minimum Gasteiger partial charge on any atom is -0.382 e. The second-order valence-electron chi connectivity index (χ2n) is 3.65. The van der Waals surface area contributed by atoms with E-state index in [4.69, 9.17) is 17.0 Å². The molecule has 0 radical (unpaired) electrons. The van der Waals surface area contributed by atoms with Crippen LogP contribution in [0.25, 0.3) is 11.0 Å². The summed E-state index contributed by atoms with van der Waals surface area (Å²) in [5.41, 5.74) is 2.27. The summed E-state index contributed by atoms with van der Waals surface area (Å²) in [4.78, 5) is 3.20. The van der Waals surface area contributed by atoms with Crippen LogP contribution in [0.3, 0.4) is 0 Å². The fourth-order valence-corrected chi connectivity index (χ4v) is 2.10. The van der Waals surface area contributed by atoms with E-state index in [-0.39, 0.29) is 0 Å². The second kappa shape index (κ2) is 5.27. The number of rotatable bonds is 5. The van der Waals surface area contributed by atoms with Crippen LogP contribution in [-0.2, 0) is 11.3 Å². The molecular weight excluding hydrogens is 220 g/mol. The van der Waals surface area contributed by atoms with Gasteiger partial charge in [-0.15, -0.1) is 0 Å². The standard InChI is InChI=1S/C12H16N2OS/c1-2-15-9-5-8-14-11-7-4-3-6-10(11)13-12(14)16/h3-4,6-7H,2,5,8-9H2,1H3,(H,13,16). The van der Waals surface area contributed by atoms with Gasteiger partial charge in [-0.3, -0.25) is 0 Å². The van der Waals surface area contributed by atoms with Gasteiger partial charge in [-0.1, -0.05) is 12.1 Å². The lowest BCUT2D eigenvalue weighted by molar-refractivity contribution is 0.142. The summed E-state index contributed by atoms with van der Waals surface area (Å²) < 4.78 is 8.24. The number of aromatic amines is 1. The van der Waals surface area contributed by atoms with Crippen LogP contribution < -0.4 is 0 Å². The summed E-state index contributed by atoms with van der Waals surface area (Å²) in [5.74, 6) is 0. The first-order chi connectivity index (χ1) is 7.83. The van der Waals surface area contributed by atoms with Crippen molar-refractivity contribution in [2.24, 2.45) is 0 Å². The first-order valence-electron chi connectivity index (χ1n) is 5.58. The highest BCUT2D eigenvalue weighted by Gasteiger charge is 2.02. The minimum absolute atomic E-state index is 0.777. The maximum atomic E-state index is 5.33. The number of H-pyrrole nitrogens is 1. The van der Waals surface area contributed by atoms with Gasteiger partial charge in [0.25, 0.3) is 0 Å². The number of nitrogens with one attached hydrogen (secondary N) is 1. The van der Waals surface area contributed by atoms with Crippen LogP contribution in [0.4, 0.5) is 0 Å². The number of benzene rings is 1. The summed E-state index contributed by atoms with van der Waals surface area (Å²) in [6, 6.07) is 8.18. The Bertz CT molecular complexity index is 515. The third kappa shape index (κ3) is 2.33. The van der Waals surface area contributed by atoms with Gasteiger partial charge in [0.2, 0.25) is 0 Å². The Balaban J connectivity index is 2.16. The zero-order chi connectivity index (χ0) is 11.4. The van der Waals surface area contributed by atoms with Crippen molar-refractivity contribution in [3.63, 3.8) is 0 Å². The Morgan fingerprint density at radius 1 is 1.38 bits per heavy atom. The fraction of sp³-hybridized carbons (Fsp3) is 0.417. The lowest BCUT2D eigenvalue weighted by Gasteiger charge is -2.04. The molecule has 0 spiro atoms. The molecule has 0 fully saturated rings. The average Bonchev–Trinajstić information content (AvgIpc) is 2.61. The van der Waals surface area contributed by atoms with E-state index in [2.05, 4.69) is 15.6 Å². The maximum absolute atomic E-state index is 5.33. The van der Waals surface area contributed by atoms with Crippen molar-refractivity contribution in [2.45, 2.75) is 19.9 Å². The molecule has 1 N–H and O–H groups in total. The molecule has 1 aromatic heterocycles. The van der Waals surface area contributed by atoms with E-state index < -0.39 is 0 Å². The Morgan fingerprint density at radius 2 is 2.19 bits per heavy atom. The molecule has 1 heterocycles. The highest BCUT2D eigenvalue weighted by atomic mass is 32.1. The highest BCUT2D eigenvalue weighted by Crippen LogP contribution is 2.13. The monoisotopic (exact) mass is 236 g/mol. The number of hydrogen-bond acceptors (Lipinski definition) is 2. The fourth-order valence-electron chi connectivity index (χ4n) is 1.80. The molecule has 86 valence electrons. The second-order valence-corrected chi connectivity index (χ2v) is 4.04. The SMILES string of the molecule is CCOCCCn1c(=S)[nH]c2ccccc21. The normalized spacial score (nSPS) is 11.1. The highest BCUT2D eigenvalue weighted by molar-refractivity contribution is 7.71. The third-order valence-electron chi connectivity index (χ3n) is 2.56. The molecule has 0 saturated carbocycles. The van der Waals surface area contributed by atoms with E-state index >= 15 is 0 Å². The van der Waals surface area contributed by atoms with Crippen molar-refractivity contribution < 1.29 is 4.74 Å². The van der Waals surface area contributed by atoms with Gasteiger partial charge in [0, 0.05) is 19.8 Å². The van der Waals surface area contributed by atoms with Crippen LogP contribution in [0.5, 0.6) is 0 Å². The number of aryl methyl sites for hydroxylation is 1. The number of imidazole rings is 1. The van der Waals surface area contributed by atoms with Gasteiger partial charge in [0.05, 0.1) is 11.0 Å². The van der Waals surface area contributed by atoms with Crippen molar-refractivity contribution in [2.75, 3.05) is 13.2 Å². The van der Waals surface area contributed by atoms with E-state index in [0.29, 0.717) is 0 Å². The van der Waals surface area contributed by atoms with Crippen molar-refractivity contribution in [1.29, 1.82) is 0 Å². The molecule has 1 aromatic carbocycles. The van der Waals surface area contributed by atoms with Crippen LogP contribution >= 0.6 is 12.2 Å². The molecule has 0 saturated heterocycles. The largest absolute Gasteiger partial charge is 0.382 e. The minimum atomic E-state index is 0.777. The Morgan fingerprint density at radius 3 is 3.00 bits per heavy atom. The van der Waals surface area contributed by atoms with Gasteiger partial charge in [0.1, 0.15) is 0 Å². The number of ether oxygens (including phenoxy) is 1. The summed E-state index contributed by atoms with van der Waals surface area (Å²) in [5, 5.41) is 0. The van der Waals surface area contributed by atoms with Gasteiger partial charge in [-0.25, -0.2) is 0 Å². The number of para-hydroxylation sites is 2. The molecule has 2 aromatic rings. The summed E-state index contributed by atoms with van der Waals surface area (Å²) >= 11 is 5.30. The van der Waals surface area contributed by atoms with Gasteiger partial charge in [-0.05, 0) is 37.7 Å². The van der Waals surface area contributed by atoms with Crippen LogP contribution in [0.15, 0.2) is 24.3 Å². The van der Waals surface area contributed by atoms with E-state index in [0.717, 1.165) is 36.5 Å². The van der Waals surface area contributed by atoms with E-state index in [1.54, 1.807) is 0 Å². The quantitative estimate of drug-likeness (QED) is 0.638. The summed E-state index contributed by atoms with van der Waals surface area (Å²) in [7, 11) is 0. The van der Waals surface area contributed by atoms with Gasteiger partial charge in [-0.2, -0.15) is 0 Å². The van der Waals surface area contributed by atoms with Crippen molar-refractivity contribution in [3.05, 3.63) is 29.0 Å². The Hall–Kier alpha value is -1.13. The van der Waals surface area contributed by atoms with Crippen LogP contribution in [0.2, 0.25) is 0 Å². The smallest absolute Gasteiger partial charge is 0.178 e. The molecule has 0 bridgehead atoms. The molecule has 0 atom stereocenters. The number of nitrogens with zero attached hydrogens (tertiary/aromatic N) is 1. The molecule has 4 heteroatoms. The molecule has 16 heavy (non-hydrogen) atoms. The van der Waals surface area contributed by atoms with E-state index in [9.17, 15) is 0 Å². The van der Waals surface area contributed by atoms with Crippen LogP contribution in [-0.4, -0.2) is 22.8 Å². The number of aromatic nitrogens is 2. The van der Waals surface area contributed by atoms with Crippen molar-refractivity contribution in [3.8, 4) is 0 Å². The van der Waals surface area contributed by atoms with Crippen molar-refractivity contribution in [1.82, 2.24) is 9.55 Å². The van der Waals surface area contributed by atoms with Gasteiger partial charge >= 0.3 is 0 Å². The summed E-state index contributed by atoms with van der Waals surface area (Å²) in [6.45, 7) is 4.48. The van der Waals surface area contributed by atoms with E-state index in [1.807, 2.05) is 25.1 Å². The number of fused-ring (bicyclic) bond motifs is 1. The van der Waals surface area contributed by atoms with E-state index in [1.165, 1.54) is 5.52 Å². The van der Waals surface area contributed by atoms with Crippen LogP contribution in [0, 0.1) is 4.77 Å². The average molecular weight is 236 g/mol. The Kier molecular flexibility index (Phi) is 3.74. The zero-order valence-corrected chi connectivity index (χ0v) is 10.2. The molecule has 0 aliphatic carbocycles. The molecule has 0 aliphatic heterocycles. The predicted molar refractivity (Wildman–Crippen MR) is 68.2 cm³/mol.